The summed E-state index contributed by atoms with van der Waals surface area (Å²) < 4.78 is 10.6. The van der Waals surface area contributed by atoms with Crippen LogP contribution < -0.4 is 0 Å². The van der Waals surface area contributed by atoms with Gasteiger partial charge in [0.15, 0.2) is 6.29 Å². The van der Waals surface area contributed by atoms with Gasteiger partial charge in [-0.15, -0.1) is 11.6 Å². The molecule has 1 saturated heterocycles. The first kappa shape index (κ1) is 12.8. The molecule has 0 saturated carbocycles. The molecule has 94 valence electrons. The molecule has 2 rings (SSSR count). The van der Waals surface area contributed by atoms with E-state index in [0.717, 1.165) is 5.56 Å². The lowest BCUT2D eigenvalue weighted by atomic mass is 10.1. The van der Waals surface area contributed by atoms with Crippen LogP contribution in [0.15, 0.2) is 30.3 Å². The molecule has 0 radical (unpaired) electrons. The summed E-state index contributed by atoms with van der Waals surface area (Å²) in [6.45, 7) is 0.410. The van der Waals surface area contributed by atoms with Gasteiger partial charge in [-0.25, -0.2) is 0 Å². The third-order valence-electron chi connectivity index (χ3n) is 2.66. The van der Waals surface area contributed by atoms with Gasteiger partial charge in [0.05, 0.1) is 24.7 Å². The summed E-state index contributed by atoms with van der Waals surface area (Å²) in [6.07, 6.45) is -2.67. The first-order chi connectivity index (χ1) is 8.18. The van der Waals surface area contributed by atoms with E-state index >= 15 is 0 Å². The molecule has 1 heterocycles. The van der Waals surface area contributed by atoms with Crippen molar-refractivity contribution in [3.05, 3.63) is 35.9 Å². The molecule has 0 aliphatic carbocycles. The molecule has 1 fully saturated rings. The van der Waals surface area contributed by atoms with Crippen LogP contribution in [0.4, 0.5) is 0 Å². The zero-order valence-electron chi connectivity index (χ0n) is 9.20. The molecule has 4 atom stereocenters. The van der Waals surface area contributed by atoms with Crippen LogP contribution in [0.5, 0.6) is 0 Å². The summed E-state index contributed by atoms with van der Waals surface area (Å²) in [6, 6.07) is 9.57. The van der Waals surface area contributed by atoms with E-state index in [0.29, 0.717) is 6.61 Å². The van der Waals surface area contributed by atoms with E-state index in [9.17, 15) is 10.2 Å². The van der Waals surface area contributed by atoms with Crippen LogP contribution in [0.3, 0.4) is 0 Å². The molecular weight excluding hydrogens is 244 g/mol. The number of hydrogen-bond donors (Lipinski definition) is 2. The summed E-state index contributed by atoms with van der Waals surface area (Å²) in [4.78, 5) is 0. The summed E-state index contributed by atoms with van der Waals surface area (Å²) in [5.74, 6) is 0. The second-order valence-corrected chi connectivity index (χ2v) is 4.50. The van der Waals surface area contributed by atoms with Gasteiger partial charge >= 0.3 is 0 Å². The maximum Gasteiger partial charge on any atom is 0.185 e. The minimum atomic E-state index is -1.02. The lowest BCUT2D eigenvalue weighted by Gasteiger charge is -2.34. The van der Waals surface area contributed by atoms with Gasteiger partial charge in [-0.2, -0.15) is 0 Å². The maximum atomic E-state index is 9.74. The topological polar surface area (TPSA) is 58.9 Å². The molecule has 1 aromatic carbocycles. The van der Waals surface area contributed by atoms with Crippen molar-refractivity contribution in [1.82, 2.24) is 0 Å². The first-order valence-corrected chi connectivity index (χ1v) is 5.89. The monoisotopic (exact) mass is 258 g/mol. The van der Waals surface area contributed by atoms with E-state index in [-0.39, 0.29) is 6.61 Å². The first-order valence-electron chi connectivity index (χ1n) is 5.46. The van der Waals surface area contributed by atoms with Gasteiger partial charge in [-0.05, 0) is 5.56 Å². The molecule has 4 nitrogen and oxygen atoms in total. The number of aliphatic hydroxyl groups excluding tert-OH is 2. The highest BCUT2D eigenvalue weighted by Gasteiger charge is 2.38. The van der Waals surface area contributed by atoms with E-state index in [1.54, 1.807) is 0 Å². The predicted octanol–water partition coefficient (Wildman–Crippen LogP) is 0.889. The Kier molecular flexibility index (Phi) is 4.36. The van der Waals surface area contributed by atoms with Crippen molar-refractivity contribution < 1.29 is 19.7 Å². The number of alkyl halides is 1. The zero-order valence-corrected chi connectivity index (χ0v) is 9.96. The molecule has 0 unspecified atom stereocenters. The fourth-order valence-corrected chi connectivity index (χ4v) is 1.85. The Morgan fingerprint density at radius 3 is 2.71 bits per heavy atom. The number of aliphatic hydroxyl groups is 2. The molecule has 17 heavy (non-hydrogen) atoms. The summed E-state index contributed by atoms with van der Waals surface area (Å²) >= 11 is 5.83. The zero-order chi connectivity index (χ0) is 12.3. The summed E-state index contributed by atoms with van der Waals surface area (Å²) in [7, 11) is 0. The average Bonchev–Trinajstić information content (AvgIpc) is 2.36. The van der Waals surface area contributed by atoms with Crippen LogP contribution in [0.1, 0.15) is 5.56 Å². The fraction of sp³-hybridized carbons (Fsp3) is 0.500. The molecule has 0 bridgehead atoms. The molecule has 0 spiro atoms. The van der Waals surface area contributed by atoms with Crippen molar-refractivity contribution in [2.24, 2.45) is 0 Å². The van der Waals surface area contributed by atoms with Crippen LogP contribution in [0.2, 0.25) is 0 Å². The van der Waals surface area contributed by atoms with Gasteiger partial charge in [-0.1, -0.05) is 30.3 Å². The van der Waals surface area contributed by atoms with Gasteiger partial charge in [0.2, 0.25) is 0 Å². The second-order valence-electron chi connectivity index (χ2n) is 4.00. The van der Waals surface area contributed by atoms with E-state index in [1.807, 2.05) is 30.3 Å². The Balaban J connectivity index is 1.87. The molecule has 1 aliphatic heterocycles. The van der Waals surface area contributed by atoms with Crippen molar-refractivity contribution in [3.63, 3.8) is 0 Å². The normalized spacial score (nSPS) is 33.6. The number of ether oxygens (including phenoxy) is 2. The lowest BCUT2D eigenvalue weighted by molar-refractivity contribution is -0.238. The highest BCUT2D eigenvalue weighted by atomic mass is 35.5. The van der Waals surface area contributed by atoms with Gasteiger partial charge in [0.1, 0.15) is 6.10 Å². The largest absolute Gasteiger partial charge is 0.389 e. The molecular formula is C12H15ClO4. The fourth-order valence-electron chi connectivity index (χ4n) is 1.66. The molecule has 0 amide bonds. The van der Waals surface area contributed by atoms with E-state index in [1.165, 1.54) is 0 Å². The van der Waals surface area contributed by atoms with Crippen LogP contribution in [-0.2, 0) is 16.1 Å². The van der Waals surface area contributed by atoms with Crippen LogP contribution in [-0.4, -0.2) is 40.7 Å². The minimum Gasteiger partial charge on any atom is -0.389 e. The number of benzene rings is 1. The molecule has 0 aromatic heterocycles. The maximum absolute atomic E-state index is 9.74. The highest BCUT2D eigenvalue weighted by Crippen LogP contribution is 2.21. The molecule has 1 aromatic rings. The average molecular weight is 259 g/mol. The van der Waals surface area contributed by atoms with Crippen molar-refractivity contribution >= 4 is 11.6 Å². The SMILES string of the molecule is O[C@@H]1[C@@H](OCc2ccccc2)OC[C@@H](O)[C@H]1Cl. The highest BCUT2D eigenvalue weighted by molar-refractivity contribution is 6.21. The third-order valence-corrected chi connectivity index (χ3v) is 3.21. The van der Waals surface area contributed by atoms with Crippen LogP contribution >= 0.6 is 11.6 Å². The van der Waals surface area contributed by atoms with Gasteiger partial charge in [0, 0.05) is 0 Å². The van der Waals surface area contributed by atoms with Gasteiger partial charge in [0.25, 0.3) is 0 Å². The molecule has 2 N–H and O–H groups in total. The Labute approximate surface area is 105 Å². The lowest BCUT2D eigenvalue weighted by Crippen LogP contribution is -2.51. The van der Waals surface area contributed by atoms with Gasteiger partial charge in [-0.3, -0.25) is 0 Å². The Morgan fingerprint density at radius 2 is 2.00 bits per heavy atom. The van der Waals surface area contributed by atoms with Crippen molar-refractivity contribution in [2.75, 3.05) is 6.61 Å². The van der Waals surface area contributed by atoms with Gasteiger partial charge < -0.3 is 19.7 Å². The third kappa shape index (κ3) is 3.18. The van der Waals surface area contributed by atoms with Crippen LogP contribution in [0, 0.1) is 0 Å². The molecule has 5 heteroatoms. The van der Waals surface area contributed by atoms with E-state index in [4.69, 9.17) is 21.1 Å². The predicted molar refractivity (Wildman–Crippen MR) is 62.6 cm³/mol. The van der Waals surface area contributed by atoms with Crippen molar-refractivity contribution in [1.29, 1.82) is 0 Å². The Bertz CT molecular complexity index is 346. The number of halogens is 1. The van der Waals surface area contributed by atoms with Crippen molar-refractivity contribution in [2.45, 2.75) is 30.5 Å². The minimum absolute atomic E-state index is 0.0741. The Morgan fingerprint density at radius 1 is 1.29 bits per heavy atom. The standard InChI is InChI=1S/C12H15ClO4/c13-10-9(14)7-17-12(11(10)15)16-6-8-4-2-1-3-5-8/h1-5,9-12,14-15H,6-7H2/t9-,10-,11+,12+/m1/s1. The van der Waals surface area contributed by atoms with Crippen LogP contribution in [0.25, 0.3) is 0 Å². The number of hydrogen-bond acceptors (Lipinski definition) is 4. The van der Waals surface area contributed by atoms with Crippen molar-refractivity contribution in [3.8, 4) is 0 Å². The summed E-state index contributed by atoms with van der Waals surface area (Å²) in [5, 5.41) is 18.4. The summed E-state index contributed by atoms with van der Waals surface area (Å²) in [5.41, 5.74) is 0.987. The Hall–Kier alpha value is -0.650. The molecule has 1 aliphatic rings. The second kappa shape index (κ2) is 5.80. The van der Waals surface area contributed by atoms with E-state index in [2.05, 4.69) is 0 Å². The van der Waals surface area contributed by atoms with E-state index < -0.39 is 23.9 Å². The smallest absolute Gasteiger partial charge is 0.185 e. The quantitative estimate of drug-likeness (QED) is 0.791. The number of rotatable bonds is 3.